The van der Waals surface area contributed by atoms with Gasteiger partial charge in [-0.25, -0.2) is 8.42 Å². The molecule has 0 saturated carbocycles. The van der Waals surface area contributed by atoms with Crippen molar-refractivity contribution in [3.8, 4) is 0 Å². The molecule has 4 nitrogen and oxygen atoms in total. The summed E-state index contributed by atoms with van der Waals surface area (Å²) in [5, 5.41) is 0. The normalized spacial score (nSPS) is 26.7. The highest BCUT2D eigenvalue weighted by Crippen LogP contribution is 2.31. The Morgan fingerprint density at radius 2 is 2.14 bits per heavy atom. The number of benzene rings is 1. The Labute approximate surface area is 127 Å². The number of hydrogen-bond acceptors (Lipinski definition) is 3. The molecular formula is C16H23NO3S. The Kier molecular flexibility index (Phi) is 4.33. The van der Waals surface area contributed by atoms with Gasteiger partial charge >= 0.3 is 0 Å². The molecule has 1 fully saturated rings. The second-order valence-electron chi connectivity index (χ2n) is 5.98. The molecule has 116 valence electrons. The zero-order valence-electron chi connectivity index (χ0n) is 12.5. The van der Waals surface area contributed by atoms with Gasteiger partial charge in [-0.2, -0.15) is 4.31 Å². The highest BCUT2D eigenvalue weighted by Gasteiger charge is 2.33. The molecule has 2 aliphatic heterocycles. The number of hydrogen-bond donors (Lipinski definition) is 0. The lowest BCUT2D eigenvalue weighted by Crippen LogP contribution is -2.40. The third-order valence-corrected chi connectivity index (χ3v) is 6.58. The fourth-order valence-electron chi connectivity index (χ4n) is 3.40. The largest absolute Gasteiger partial charge is 0.378 e. The zero-order chi connectivity index (χ0) is 14.9. The van der Waals surface area contributed by atoms with E-state index in [1.807, 2.05) is 25.1 Å². The molecule has 2 heterocycles. The van der Waals surface area contributed by atoms with Crippen LogP contribution in [-0.4, -0.2) is 37.7 Å². The first-order valence-electron chi connectivity index (χ1n) is 7.77. The molecule has 0 bridgehead atoms. The van der Waals surface area contributed by atoms with E-state index >= 15 is 0 Å². The molecule has 0 aromatic heterocycles. The topological polar surface area (TPSA) is 46.6 Å². The quantitative estimate of drug-likeness (QED) is 0.858. The molecule has 0 radical (unpaired) electrons. The Morgan fingerprint density at radius 1 is 1.33 bits per heavy atom. The lowest BCUT2D eigenvalue weighted by Gasteiger charge is -2.34. The van der Waals surface area contributed by atoms with Gasteiger partial charge in [0, 0.05) is 19.2 Å². The summed E-state index contributed by atoms with van der Waals surface area (Å²) >= 11 is 0. The van der Waals surface area contributed by atoms with Crippen LogP contribution in [0.5, 0.6) is 0 Å². The van der Waals surface area contributed by atoms with Crippen LogP contribution in [0.3, 0.4) is 0 Å². The number of fused-ring (bicyclic) bond motifs is 1. The summed E-state index contributed by atoms with van der Waals surface area (Å²) in [4.78, 5) is 0. The Balaban J connectivity index is 1.71. The minimum Gasteiger partial charge on any atom is -0.378 e. The number of ether oxygens (including phenoxy) is 1. The molecule has 0 N–H and O–H groups in total. The summed E-state index contributed by atoms with van der Waals surface area (Å²) in [5.74, 6) is 0.199. The number of nitrogens with zero attached hydrogens (tertiary/aromatic N) is 1. The molecule has 0 spiro atoms. The SMILES string of the molecule is C[C@H]1c2ccccc2CCN1S(=O)(=O)CC[C@@H]1CCCO1. The molecule has 2 aliphatic rings. The fraction of sp³-hybridized carbons (Fsp3) is 0.625. The van der Waals surface area contributed by atoms with Crippen LogP contribution in [0.15, 0.2) is 24.3 Å². The van der Waals surface area contributed by atoms with Crippen molar-refractivity contribution in [2.45, 2.75) is 44.8 Å². The van der Waals surface area contributed by atoms with Gasteiger partial charge in [0.1, 0.15) is 0 Å². The highest BCUT2D eigenvalue weighted by atomic mass is 32.2. The molecular weight excluding hydrogens is 286 g/mol. The molecule has 0 amide bonds. The molecule has 1 aromatic rings. The van der Waals surface area contributed by atoms with E-state index in [1.54, 1.807) is 4.31 Å². The summed E-state index contributed by atoms with van der Waals surface area (Å²) in [6.45, 7) is 3.35. The molecule has 5 heteroatoms. The van der Waals surface area contributed by atoms with Gasteiger partial charge in [-0.05, 0) is 43.7 Å². The number of sulfonamides is 1. The van der Waals surface area contributed by atoms with Gasteiger partial charge in [0.15, 0.2) is 0 Å². The van der Waals surface area contributed by atoms with Crippen LogP contribution in [0.25, 0.3) is 0 Å². The maximum atomic E-state index is 12.6. The van der Waals surface area contributed by atoms with Crippen molar-refractivity contribution in [2.24, 2.45) is 0 Å². The van der Waals surface area contributed by atoms with E-state index < -0.39 is 10.0 Å². The molecule has 1 aromatic carbocycles. The third kappa shape index (κ3) is 3.15. The van der Waals surface area contributed by atoms with Crippen molar-refractivity contribution >= 4 is 10.0 Å². The average Bonchev–Trinajstić information content (AvgIpc) is 2.99. The molecule has 3 rings (SSSR count). The second-order valence-corrected chi connectivity index (χ2v) is 8.02. The summed E-state index contributed by atoms with van der Waals surface area (Å²) in [5.41, 5.74) is 2.42. The van der Waals surface area contributed by atoms with Gasteiger partial charge in [0.05, 0.1) is 11.9 Å². The monoisotopic (exact) mass is 309 g/mol. The van der Waals surface area contributed by atoms with Crippen LogP contribution in [-0.2, 0) is 21.2 Å². The van der Waals surface area contributed by atoms with Gasteiger partial charge in [-0.1, -0.05) is 24.3 Å². The molecule has 1 saturated heterocycles. The summed E-state index contributed by atoms with van der Waals surface area (Å²) < 4.78 is 32.5. The minimum absolute atomic E-state index is 0.0653. The van der Waals surface area contributed by atoms with E-state index in [0.29, 0.717) is 13.0 Å². The fourth-order valence-corrected chi connectivity index (χ4v) is 5.16. The van der Waals surface area contributed by atoms with E-state index in [4.69, 9.17) is 4.74 Å². The molecule has 2 atom stereocenters. The predicted octanol–water partition coefficient (Wildman–Crippen LogP) is 2.50. The van der Waals surface area contributed by atoms with Crippen molar-refractivity contribution in [2.75, 3.05) is 18.9 Å². The minimum atomic E-state index is -3.21. The van der Waals surface area contributed by atoms with Crippen LogP contribution in [0, 0.1) is 0 Å². The summed E-state index contributed by atoms with van der Waals surface area (Å²) in [7, 11) is -3.21. The lowest BCUT2D eigenvalue weighted by molar-refractivity contribution is 0.108. The van der Waals surface area contributed by atoms with E-state index in [0.717, 1.165) is 31.4 Å². The standard InChI is InChI=1S/C16H23NO3S/c1-13-16-7-3-2-5-14(16)8-10-17(13)21(18,19)12-9-15-6-4-11-20-15/h2-3,5,7,13,15H,4,6,8-12H2,1H3/t13-,15-/m0/s1. The summed E-state index contributed by atoms with van der Waals surface area (Å²) in [6.07, 6.45) is 3.60. The first-order valence-corrected chi connectivity index (χ1v) is 9.38. The van der Waals surface area contributed by atoms with Crippen molar-refractivity contribution in [3.05, 3.63) is 35.4 Å². The van der Waals surface area contributed by atoms with Crippen molar-refractivity contribution in [3.63, 3.8) is 0 Å². The second kappa shape index (κ2) is 6.07. The van der Waals surface area contributed by atoms with Crippen molar-refractivity contribution < 1.29 is 13.2 Å². The zero-order valence-corrected chi connectivity index (χ0v) is 13.3. The lowest BCUT2D eigenvalue weighted by atomic mass is 9.96. The smallest absolute Gasteiger partial charge is 0.214 e. The Morgan fingerprint density at radius 3 is 2.90 bits per heavy atom. The van der Waals surface area contributed by atoms with Crippen LogP contribution >= 0.6 is 0 Å². The average molecular weight is 309 g/mol. The van der Waals surface area contributed by atoms with E-state index in [2.05, 4.69) is 6.07 Å². The van der Waals surface area contributed by atoms with Gasteiger partial charge in [-0.15, -0.1) is 0 Å². The van der Waals surface area contributed by atoms with Gasteiger partial charge < -0.3 is 4.74 Å². The van der Waals surface area contributed by atoms with Gasteiger partial charge in [-0.3, -0.25) is 0 Å². The predicted molar refractivity (Wildman–Crippen MR) is 82.6 cm³/mol. The molecule has 0 aliphatic carbocycles. The van der Waals surface area contributed by atoms with Crippen LogP contribution in [0.2, 0.25) is 0 Å². The van der Waals surface area contributed by atoms with E-state index in [9.17, 15) is 8.42 Å². The maximum absolute atomic E-state index is 12.6. The van der Waals surface area contributed by atoms with Crippen molar-refractivity contribution in [1.82, 2.24) is 4.31 Å². The van der Waals surface area contributed by atoms with Gasteiger partial charge in [0.2, 0.25) is 10.0 Å². The summed E-state index contributed by atoms with van der Waals surface area (Å²) in [6, 6.07) is 8.08. The van der Waals surface area contributed by atoms with Crippen LogP contribution in [0.1, 0.15) is 43.4 Å². The first kappa shape index (κ1) is 15.0. The van der Waals surface area contributed by atoms with Gasteiger partial charge in [0.25, 0.3) is 0 Å². The van der Waals surface area contributed by atoms with Crippen LogP contribution in [0.4, 0.5) is 0 Å². The van der Waals surface area contributed by atoms with Crippen molar-refractivity contribution in [1.29, 1.82) is 0 Å². The highest BCUT2D eigenvalue weighted by molar-refractivity contribution is 7.89. The van der Waals surface area contributed by atoms with Crippen LogP contribution < -0.4 is 0 Å². The van der Waals surface area contributed by atoms with E-state index in [1.165, 1.54) is 5.56 Å². The third-order valence-electron chi connectivity index (χ3n) is 4.62. The first-order chi connectivity index (χ1) is 10.1. The Hall–Kier alpha value is -0.910. The van der Waals surface area contributed by atoms with E-state index in [-0.39, 0.29) is 17.9 Å². The number of rotatable bonds is 4. The maximum Gasteiger partial charge on any atom is 0.214 e. The molecule has 21 heavy (non-hydrogen) atoms. The Bertz CT molecular complexity index is 593. The molecule has 0 unspecified atom stereocenters.